The van der Waals surface area contributed by atoms with Gasteiger partial charge in [-0.15, -0.1) is 0 Å². The van der Waals surface area contributed by atoms with Gasteiger partial charge in [-0.2, -0.15) is 0 Å². The molecule has 138 valence electrons. The number of hydrogen-bond donors (Lipinski definition) is 1. The van der Waals surface area contributed by atoms with Gasteiger partial charge in [0.2, 0.25) is 15.9 Å². The zero-order chi connectivity index (χ0) is 18.9. The highest BCUT2D eigenvalue weighted by Gasteiger charge is 2.31. The number of benzene rings is 2. The maximum absolute atomic E-state index is 12.6. The first-order valence-electron chi connectivity index (χ1n) is 8.51. The number of halogens is 1. The number of amides is 1. The van der Waals surface area contributed by atoms with E-state index >= 15 is 0 Å². The molecule has 0 saturated heterocycles. The van der Waals surface area contributed by atoms with Crippen molar-refractivity contribution in [2.24, 2.45) is 0 Å². The number of nitrogens with zero attached hydrogens (tertiary/aromatic N) is 1. The molecule has 0 saturated carbocycles. The molecule has 0 bridgehead atoms. The van der Waals surface area contributed by atoms with Crippen LogP contribution in [0.2, 0.25) is 5.02 Å². The number of anilines is 1. The first-order valence-corrected chi connectivity index (χ1v) is 10.4. The molecule has 0 aliphatic carbocycles. The van der Waals surface area contributed by atoms with Crippen LogP contribution in [0.3, 0.4) is 0 Å². The van der Waals surface area contributed by atoms with Crippen LogP contribution in [0.25, 0.3) is 0 Å². The molecule has 1 heterocycles. The van der Waals surface area contributed by atoms with E-state index in [0.29, 0.717) is 17.9 Å². The van der Waals surface area contributed by atoms with Gasteiger partial charge in [0.05, 0.1) is 4.90 Å². The molecule has 0 aromatic heterocycles. The molecule has 2 aromatic carbocycles. The number of carbonyl (C=O) groups excluding carboxylic acids is 1. The molecule has 1 aliphatic rings. The summed E-state index contributed by atoms with van der Waals surface area (Å²) in [6.45, 7) is 3.99. The summed E-state index contributed by atoms with van der Waals surface area (Å²) in [6.07, 6.45) is 1.08. The lowest BCUT2D eigenvalue weighted by Crippen LogP contribution is -2.35. The van der Waals surface area contributed by atoms with Crippen molar-refractivity contribution in [2.45, 2.75) is 44.2 Å². The molecule has 0 radical (unpaired) electrons. The van der Waals surface area contributed by atoms with E-state index in [9.17, 15) is 13.2 Å². The van der Waals surface area contributed by atoms with Crippen LogP contribution in [0.4, 0.5) is 5.69 Å². The van der Waals surface area contributed by atoms with Gasteiger partial charge in [-0.1, -0.05) is 30.7 Å². The summed E-state index contributed by atoms with van der Waals surface area (Å²) in [5.74, 6) is 0.0488. The number of hydrogen-bond acceptors (Lipinski definition) is 3. The topological polar surface area (TPSA) is 66.5 Å². The predicted molar refractivity (Wildman–Crippen MR) is 103 cm³/mol. The normalized spacial score (nSPS) is 16.6. The van der Waals surface area contributed by atoms with Gasteiger partial charge >= 0.3 is 0 Å². The lowest BCUT2D eigenvalue weighted by atomic mass is 10.1. The van der Waals surface area contributed by atoms with E-state index < -0.39 is 10.0 Å². The van der Waals surface area contributed by atoms with Crippen molar-refractivity contribution in [3.63, 3.8) is 0 Å². The maximum atomic E-state index is 12.6. The maximum Gasteiger partial charge on any atom is 0.240 e. The van der Waals surface area contributed by atoms with Crippen LogP contribution in [-0.4, -0.2) is 20.4 Å². The highest BCUT2D eigenvalue weighted by molar-refractivity contribution is 7.89. The first-order chi connectivity index (χ1) is 12.3. The number of sulfonamides is 1. The average Bonchev–Trinajstić information content (AvgIpc) is 2.95. The van der Waals surface area contributed by atoms with Crippen molar-refractivity contribution >= 4 is 33.2 Å². The third-order valence-electron chi connectivity index (χ3n) is 4.53. The standard InChI is InChI=1S/C19H21ClN2O3S/c1-3-19(23)22-13(2)10-15-11-17(8-9-18(15)22)26(24,25)21-12-14-4-6-16(20)7-5-14/h4-9,11,13,21H,3,10,12H2,1-2H3. The van der Waals surface area contributed by atoms with Crippen molar-refractivity contribution in [3.8, 4) is 0 Å². The van der Waals surface area contributed by atoms with E-state index in [1.807, 2.05) is 13.8 Å². The Morgan fingerprint density at radius 3 is 2.58 bits per heavy atom. The zero-order valence-electron chi connectivity index (χ0n) is 14.7. The Hall–Kier alpha value is -1.89. The second-order valence-electron chi connectivity index (χ2n) is 6.41. The molecule has 7 heteroatoms. The molecule has 0 fully saturated rings. The second-order valence-corrected chi connectivity index (χ2v) is 8.62. The summed E-state index contributed by atoms with van der Waals surface area (Å²) >= 11 is 5.84. The summed E-state index contributed by atoms with van der Waals surface area (Å²) in [5, 5.41) is 0.607. The van der Waals surface area contributed by atoms with Gasteiger partial charge in [-0.25, -0.2) is 13.1 Å². The van der Waals surface area contributed by atoms with Crippen LogP contribution in [0, 0.1) is 0 Å². The average molecular weight is 393 g/mol. The Morgan fingerprint density at radius 1 is 1.23 bits per heavy atom. The zero-order valence-corrected chi connectivity index (χ0v) is 16.3. The van der Waals surface area contributed by atoms with Gasteiger partial charge < -0.3 is 4.90 Å². The van der Waals surface area contributed by atoms with Crippen molar-refractivity contribution < 1.29 is 13.2 Å². The van der Waals surface area contributed by atoms with E-state index in [2.05, 4.69) is 4.72 Å². The molecule has 5 nitrogen and oxygen atoms in total. The highest BCUT2D eigenvalue weighted by atomic mass is 35.5. The quantitative estimate of drug-likeness (QED) is 0.846. The van der Waals surface area contributed by atoms with E-state index in [4.69, 9.17) is 11.6 Å². The van der Waals surface area contributed by atoms with Crippen molar-refractivity contribution in [2.75, 3.05) is 4.90 Å². The smallest absolute Gasteiger partial charge is 0.240 e. The fourth-order valence-corrected chi connectivity index (χ4v) is 4.38. The second kappa shape index (κ2) is 7.39. The Kier molecular flexibility index (Phi) is 5.37. The van der Waals surface area contributed by atoms with Crippen LogP contribution in [0.1, 0.15) is 31.4 Å². The fraction of sp³-hybridized carbons (Fsp3) is 0.316. The van der Waals surface area contributed by atoms with Gasteiger partial charge in [0.15, 0.2) is 0 Å². The molecular weight excluding hydrogens is 372 g/mol. The van der Waals surface area contributed by atoms with Crippen molar-refractivity contribution in [3.05, 3.63) is 58.6 Å². The minimum atomic E-state index is -3.64. The summed E-state index contributed by atoms with van der Waals surface area (Å²) in [6, 6.07) is 12.0. The summed E-state index contributed by atoms with van der Waals surface area (Å²) in [4.78, 5) is 14.1. The van der Waals surface area contributed by atoms with Gasteiger partial charge in [-0.3, -0.25) is 4.79 Å². The molecule has 1 aliphatic heterocycles. The van der Waals surface area contributed by atoms with Crippen molar-refractivity contribution in [1.29, 1.82) is 0 Å². The van der Waals surface area contributed by atoms with Crippen LogP contribution in [0.5, 0.6) is 0 Å². The molecule has 2 aromatic rings. The summed E-state index contributed by atoms with van der Waals surface area (Å²) in [7, 11) is -3.64. The van der Waals surface area contributed by atoms with Crippen LogP contribution in [-0.2, 0) is 27.8 Å². The third kappa shape index (κ3) is 3.77. The van der Waals surface area contributed by atoms with E-state index in [1.165, 1.54) is 0 Å². The number of rotatable bonds is 5. The van der Waals surface area contributed by atoms with Crippen LogP contribution < -0.4 is 9.62 Å². The molecule has 1 atom stereocenters. The Bertz CT molecular complexity index is 926. The van der Waals surface area contributed by atoms with Crippen LogP contribution >= 0.6 is 11.6 Å². The van der Waals surface area contributed by atoms with Crippen LogP contribution in [0.15, 0.2) is 47.4 Å². The largest absolute Gasteiger partial charge is 0.309 e. The molecule has 3 rings (SSSR count). The number of carbonyl (C=O) groups is 1. The minimum Gasteiger partial charge on any atom is -0.309 e. The van der Waals surface area contributed by atoms with Gasteiger partial charge in [0, 0.05) is 29.7 Å². The minimum absolute atomic E-state index is 0.0393. The molecule has 1 N–H and O–H groups in total. The Morgan fingerprint density at radius 2 is 1.92 bits per heavy atom. The summed E-state index contributed by atoms with van der Waals surface area (Å²) in [5.41, 5.74) is 2.52. The SMILES string of the molecule is CCC(=O)N1c2ccc(S(=O)(=O)NCc3ccc(Cl)cc3)cc2CC1C. The van der Waals surface area contributed by atoms with E-state index in [1.54, 1.807) is 47.4 Å². The van der Waals surface area contributed by atoms with E-state index in [-0.39, 0.29) is 23.4 Å². The number of fused-ring (bicyclic) bond motifs is 1. The Balaban J connectivity index is 1.80. The molecule has 1 unspecified atom stereocenters. The molecule has 26 heavy (non-hydrogen) atoms. The molecular formula is C19H21ClN2O3S. The molecule has 1 amide bonds. The third-order valence-corrected chi connectivity index (χ3v) is 6.18. The van der Waals surface area contributed by atoms with Gasteiger partial charge in [0.1, 0.15) is 0 Å². The highest BCUT2D eigenvalue weighted by Crippen LogP contribution is 2.34. The van der Waals surface area contributed by atoms with Gasteiger partial charge in [-0.05, 0) is 54.8 Å². The summed E-state index contributed by atoms with van der Waals surface area (Å²) < 4.78 is 27.8. The first kappa shape index (κ1) is 18.9. The molecule has 0 spiro atoms. The fourth-order valence-electron chi connectivity index (χ4n) is 3.19. The van der Waals surface area contributed by atoms with Gasteiger partial charge in [0.25, 0.3) is 0 Å². The lowest BCUT2D eigenvalue weighted by Gasteiger charge is -2.22. The monoisotopic (exact) mass is 392 g/mol. The Labute approximate surface area is 159 Å². The van der Waals surface area contributed by atoms with Crippen molar-refractivity contribution in [1.82, 2.24) is 4.72 Å². The predicted octanol–water partition coefficient (Wildman–Crippen LogP) is 3.51. The number of nitrogens with one attached hydrogen (secondary N) is 1. The van der Waals surface area contributed by atoms with E-state index in [0.717, 1.165) is 16.8 Å². The lowest BCUT2D eigenvalue weighted by molar-refractivity contribution is -0.118.